The van der Waals surface area contributed by atoms with E-state index in [1.54, 1.807) is 6.26 Å². The van der Waals surface area contributed by atoms with Gasteiger partial charge < -0.3 is 14.1 Å². The van der Waals surface area contributed by atoms with Gasteiger partial charge in [0.15, 0.2) is 0 Å². The van der Waals surface area contributed by atoms with E-state index in [-0.39, 0.29) is 0 Å². The van der Waals surface area contributed by atoms with Gasteiger partial charge in [0.25, 0.3) is 6.01 Å². The zero-order valence-corrected chi connectivity index (χ0v) is 7.82. The van der Waals surface area contributed by atoms with Gasteiger partial charge in [-0.15, -0.1) is 0 Å². The zero-order valence-electron chi connectivity index (χ0n) is 7.82. The monoisotopic (exact) mass is 182 g/mol. The van der Waals surface area contributed by atoms with Crippen molar-refractivity contribution in [2.45, 2.75) is 13.3 Å². The van der Waals surface area contributed by atoms with E-state index >= 15 is 0 Å². The molecule has 72 valence electrons. The molecule has 0 aliphatic carbocycles. The van der Waals surface area contributed by atoms with Crippen molar-refractivity contribution in [3.05, 3.63) is 12.0 Å². The van der Waals surface area contributed by atoms with Gasteiger partial charge in [-0.25, -0.2) is 0 Å². The number of hydrogen-bond donors (Lipinski definition) is 0. The van der Waals surface area contributed by atoms with E-state index in [2.05, 4.69) is 16.8 Å². The highest BCUT2D eigenvalue weighted by Crippen LogP contribution is 2.14. The third kappa shape index (κ3) is 1.83. The average Bonchev–Trinajstić information content (AvgIpc) is 2.67. The van der Waals surface area contributed by atoms with E-state index in [4.69, 9.17) is 9.15 Å². The van der Waals surface area contributed by atoms with Gasteiger partial charge in [-0.05, 0) is 6.42 Å². The molecule has 4 heteroatoms. The smallest absolute Gasteiger partial charge is 0.297 e. The molecule has 0 atom stereocenters. The van der Waals surface area contributed by atoms with Crippen LogP contribution in [0.5, 0.6) is 0 Å². The number of anilines is 1. The largest absolute Gasteiger partial charge is 0.432 e. The van der Waals surface area contributed by atoms with E-state index in [0.717, 1.165) is 44.4 Å². The molecule has 0 bridgehead atoms. The Labute approximate surface area is 77.5 Å². The lowest BCUT2D eigenvalue weighted by Gasteiger charge is -2.24. The molecular formula is C9H14N2O2. The number of ether oxygens (including phenoxy) is 1. The molecule has 0 radical (unpaired) electrons. The first-order valence-corrected chi connectivity index (χ1v) is 4.67. The standard InChI is InChI=1S/C9H14N2O2/c1-2-8-7-13-9(10-8)11-3-5-12-6-4-11/h7H,2-6H2,1H3. The highest BCUT2D eigenvalue weighted by Gasteiger charge is 2.15. The van der Waals surface area contributed by atoms with Crippen LogP contribution < -0.4 is 4.90 Å². The van der Waals surface area contributed by atoms with Crippen LogP contribution in [0.2, 0.25) is 0 Å². The molecule has 1 aliphatic rings. The summed E-state index contributed by atoms with van der Waals surface area (Å²) in [4.78, 5) is 6.47. The molecule has 1 aromatic rings. The zero-order chi connectivity index (χ0) is 9.10. The molecule has 0 aromatic carbocycles. The van der Waals surface area contributed by atoms with Gasteiger partial charge in [-0.3, -0.25) is 0 Å². The predicted molar refractivity (Wildman–Crippen MR) is 48.9 cm³/mol. The van der Waals surface area contributed by atoms with Gasteiger partial charge in [-0.2, -0.15) is 4.98 Å². The Balaban J connectivity index is 2.05. The second-order valence-electron chi connectivity index (χ2n) is 3.07. The van der Waals surface area contributed by atoms with Crippen molar-refractivity contribution in [1.29, 1.82) is 0 Å². The second kappa shape index (κ2) is 3.79. The Morgan fingerprint density at radius 2 is 2.23 bits per heavy atom. The van der Waals surface area contributed by atoms with Gasteiger partial charge in [-0.1, -0.05) is 6.92 Å². The van der Waals surface area contributed by atoms with Crippen LogP contribution in [0.4, 0.5) is 6.01 Å². The maximum Gasteiger partial charge on any atom is 0.297 e. The maximum atomic E-state index is 5.35. The molecule has 1 saturated heterocycles. The van der Waals surface area contributed by atoms with E-state index in [1.807, 2.05) is 0 Å². The summed E-state index contributed by atoms with van der Waals surface area (Å²) < 4.78 is 10.6. The van der Waals surface area contributed by atoms with Crippen LogP contribution in [-0.2, 0) is 11.2 Å². The summed E-state index contributed by atoms with van der Waals surface area (Å²) in [6.45, 7) is 5.36. The highest BCUT2D eigenvalue weighted by molar-refractivity contribution is 5.27. The van der Waals surface area contributed by atoms with E-state index in [1.165, 1.54) is 0 Å². The summed E-state index contributed by atoms with van der Waals surface area (Å²) in [7, 11) is 0. The number of oxazole rings is 1. The lowest BCUT2D eigenvalue weighted by atomic mass is 10.4. The lowest BCUT2D eigenvalue weighted by molar-refractivity contribution is 0.120. The van der Waals surface area contributed by atoms with Crippen molar-refractivity contribution in [2.75, 3.05) is 31.2 Å². The van der Waals surface area contributed by atoms with Crippen molar-refractivity contribution in [2.24, 2.45) is 0 Å². The molecule has 1 fully saturated rings. The van der Waals surface area contributed by atoms with Crippen molar-refractivity contribution >= 4 is 6.01 Å². The molecular weight excluding hydrogens is 168 g/mol. The molecule has 2 heterocycles. The third-order valence-corrected chi connectivity index (χ3v) is 2.18. The SMILES string of the molecule is CCc1coc(N2CCOCC2)n1. The van der Waals surface area contributed by atoms with Gasteiger partial charge in [0.2, 0.25) is 0 Å². The van der Waals surface area contributed by atoms with Crippen molar-refractivity contribution in [3.8, 4) is 0 Å². The Morgan fingerprint density at radius 1 is 1.46 bits per heavy atom. The van der Waals surface area contributed by atoms with Crippen LogP contribution in [0, 0.1) is 0 Å². The first kappa shape index (κ1) is 8.56. The van der Waals surface area contributed by atoms with Crippen LogP contribution >= 0.6 is 0 Å². The molecule has 0 N–H and O–H groups in total. The first-order valence-electron chi connectivity index (χ1n) is 4.67. The molecule has 0 spiro atoms. The average molecular weight is 182 g/mol. The quantitative estimate of drug-likeness (QED) is 0.686. The minimum absolute atomic E-state index is 0.736. The van der Waals surface area contributed by atoms with Gasteiger partial charge in [0.1, 0.15) is 6.26 Å². The first-order chi connectivity index (χ1) is 6.40. The van der Waals surface area contributed by atoms with Crippen LogP contribution in [0.3, 0.4) is 0 Å². The number of morpholine rings is 1. The molecule has 4 nitrogen and oxygen atoms in total. The fourth-order valence-corrected chi connectivity index (χ4v) is 1.36. The molecule has 0 amide bonds. The molecule has 2 rings (SSSR count). The Kier molecular flexibility index (Phi) is 2.49. The third-order valence-electron chi connectivity index (χ3n) is 2.18. The number of nitrogens with zero attached hydrogens (tertiary/aromatic N) is 2. The van der Waals surface area contributed by atoms with Gasteiger partial charge in [0, 0.05) is 13.1 Å². The lowest BCUT2D eigenvalue weighted by Crippen LogP contribution is -2.36. The van der Waals surface area contributed by atoms with Crippen molar-refractivity contribution in [3.63, 3.8) is 0 Å². The Hall–Kier alpha value is -1.03. The summed E-state index contributed by atoms with van der Waals surface area (Å²) in [6.07, 6.45) is 2.65. The highest BCUT2D eigenvalue weighted by atomic mass is 16.5. The van der Waals surface area contributed by atoms with E-state index in [9.17, 15) is 0 Å². The second-order valence-corrected chi connectivity index (χ2v) is 3.07. The summed E-state index contributed by atoms with van der Waals surface area (Å²) in [6, 6.07) is 0.736. The van der Waals surface area contributed by atoms with Crippen LogP contribution in [-0.4, -0.2) is 31.3 Å². The van der Waals surface area contributed by atoms with E-state index in [0.29, 0.717) is 0 Å². The summed E-state index contributed by atoms with van der Waals surface area (Å²) >= 11 is 0. The summed E-state index contributed by atoms with van der Waals surface area (Å²) in [5.41, 5.74) is 1.02. The number of rotatable bonds is 2. The van der Waals surface area contributed by atoms with Crippen LogP contribution in [0.25, 0.3) is 0 Å². The molecule has 13 heavy (non-hydrogen) atoms. The van der Waals surface area contributed by atoms with Crippen molar-refractivity contribution in [1.82, 2.24) is 4.98 Å². The minimum atomic E-state index is 0.736. The minimum Gasteiger partial charge on any atom is -0.432 e. The number of aryl methyl sites for hydroxylation is 1. The predicted octanol–water partition coefficient (Wildman–Crippen LogP) is 1.07. The summed E-state index contributed by atoms with van der Waals surface area (Å²) in [5.74, 6) is 0. The Bertz CT molecular complexity index is 266. The van der Waals surface area contributed by atoms with Crippen LogP contribution in [0.1, 0.15) is 12.6 Å². The van der Waals surface area contributed by atoms with Gasteiger partial charge in [0.05, 0.1) is 18.9 Å². The number of aromatic nitrogens is 1. The summed E-state index contributed by atoms with van der Waals surface area (Å²) in [5, 5.41) is 0. The molecule has 1 aromatic heterocycles. The van der Waals surface area contributed by atoms with Crippen molar-refractivity contribution < 1.29 is 9.15 Å². The normalized spacial score (nSPS) is 17.8. The topological polar surface area (TPSA) is 38.5 Å². The van der Waals surface area contributed by atoms with E-state index < -0.39 is 0 Å². The maximum absolute atomic E-state index is 5.35. The fraction of sp³-hybridized carbons (Fsp3) is 0.667. The molecule has 0 saturated carbocycles. The Morgan fingerprint density at radius 3 is 2.85 bits per heavy atom. The number of hydrogen-bond acceptors (Lipinski definition) is 4. The molecule has 1 aliphatic heterocycles. The van der Waals surface area contributed by atoms with Gasteiger partial charge >= 0.3 is 0 Å². The molecule has 0 unspecified atom stereocenters. The van der Waals surface area contributed by atoms with Crippen LogP contribution in [0.15, 0.2) is 10.7 Å². The fourth-order valence-electron chi connectivity index (χ4n) is 1.36.